The molecule has 1 aliphatic carbocycles. The molecule has 1 saturated carbocycles. The molecule has 2 rings (SSSR count). The van der Waals surface area contributed by atoms with Crippen LogP contribution in [0.5, 0.6) is 0 Å². The molecule has 106 valence electrons. The Balaban J connectivity index is 1.78. The van der Waals surface area contributed by atoms with E-state index in [0.717, 1.165) is 30.3 Å². The van der Waals surface area contributed by atoms with Crippen molar-refractivity contribution in [1.29, 1.82) is 0 Å². The molecule has 2 heteroatoms. The molecule has 18 heavy (non-hydrogen) atoms. The largest absolute Gasteiger partial charge is 0.330 e. The maximum atomic E-state index is 5.67. The van der Waals surface area contributed by atoms with Gasteiger partial charge in [0, 0.05) is 6.04 Å². The Bertz CT molecular complexity index is 231. The molecule has 0 spiro atoms. The molecule has 2 fully saturated rings. The van der Waals surface area contributed by atoms with Gasteiger partial charge in [-0.15, -0.1) is 0 Å². The van der Waals surface area contributed by atoms with Crippen molar-refractivity contribution in [3.05, 3.63) is 0 Å². The summed E-state index contributed by atoms with van der Waals surface area (Å²) in [5.74, 6) is 2.77. The molecule has 2 atom stereocenters. The molecular weight excluding hydrogens is 220 g/mol. The Hall–Kier alpha value is -0.0800. The van der Waals surface area contributed by atoms with E-state index in [9.17, 15) is 0 Å². The maximum absolute atomic E-state index is 5.67. The summed E-state index contributed by atoms with van der Waals surface area (Å²) < 4.78 is 0. The standard InChI is InChI=1S/C16H32N2/c1-13(2)15-4-3-5-16(12-15)18-10-7-14(6-9-17)8-11-18/h13-16H,3-12,17H2,1-2H3. The average Bonchev–Trinajstić information content (AvgIpc) is 2.40. The number of hydrogen-bond donors (Lipinski definition) is 1. The van der Waals surface area contributed by atoms with Crippen molar-refractivity contribution >= 4 is 0 Å². The van der Waals surface area contributed by atoms with Gasteiger partial charge in [-0.2, -0.15) is 0 Å². The van der Waals surface area contributed by atoms with E-state index in [0.29, 0.717) is 0 Å². The fourth-order valence-corrected chi connectivity index (χ4v) is 3.98. The predicted octanol–water partition coefficient (Wildman–Crippen LogP) is 3.26. The fraction of sp³-hybridized carbons (Fsp3) is 1.00. The van der Waals surface area contributed by atoms with Crippen molar-refractivity contribution in [3.63, 3.8) is 0 Å². The van der Waals surface area contributed by atoms with E-state index in [1.54, 1.807) is 0 Å². The smallest absolute Gasteiger partial charge is 0.00979 e. The molecule has 0 aromatic heterocycles. The molecule has 0 aromatic carbocycles. The number of rotatable bonds is 4. The third kappa shape index (κ3) is 3.71. The molecule has 0 amide bonds. The van der Waals surface area contributed by atoms with Crippen LogP contribution in [-0.2, 0) is 0 Å². The lowest BCUT2D eigenvalue weighted by Crippen LogP contribution is -2.44. The van der Waals surface area contributed by atoms with Gasteiger partial charge in [0.2, 0.25) is 0 Å². The van der Waals surface area contributed by atoms with E-state index < -0.39 is 0 Å². The quantitative estimate of drug-likeness (QED) is 0.832. The Morgan fingerprint density at radius 3 is 2.44 bits per heavy atom. The average molecular weight is 252 g/mol. The molecule has 1 aliphatic heterocycles. The molecule has 0 aromatic rings. The monoisotopic (exact) mass is 252 g/mol. The van der Waals surface area contributed by atoms with Crippen molar-refractivity contribution in [1.82, 2.24) is 4.90 Å². The zero-order valence-electron chi connectivity index (χ0n) is 12.4. The first-order chi connectivity index (χ1) is 8.70. The second kappa shape index (κ2) is 6.91. The molecule has 0 radical (unpaired) electrons. The maximum Gasteiger partial charge on any atom is 0.00979 e. The number of nitrogens with zero attached hydrogens (tertiary/aromatic N) is 1. The number of piperidine rings is 1. The first kappa shape index (κ1) is 14.3. The minimum atomic E-state index is 0.877. The normalized spacial score (nSPS) is 32.0. The Morgan fingerprint density at radius 2 is 1.83 bits per heavy atom. The van der Waals surface area contributed by atoms with Gasteiger partial charge in [0.25, 0.3) is 0 Å². The van der Waals surface area contributed by atoms with Gasteiger partial charge >= 0.3 is 0 Å². The van der Waals surface area contributed by atoms with Crippen LogP contribution in [0.3, 0.4) is 0 Å². The lowest BCUT2D eigenvalue weighted by Gasteiger charge is -2.42. The fourth-order valence-electron chi connectivity index (χ4n) is 3.98. The summed E-state index contributed by atoms with van der Waals surface area (Å²) in [5, 5.41) is 0. The van der Waals surface area contributed by atoms with Gasteiger partial charge in [-0.05, 0) is 69.5 Å². The highest BCUT2D eigenvalue weighted by Gasteiger charge is 2.30. The molecular formula is C16H32N2. The van der Waals surface area contributed by atoms with Crippen LogP contribution in [0.2, 0.25) is 0 Å². The first-order valence-electron chi connectivity index (χ1n) is 8.14. The van der Waals surface area contributed by atoms with Gasteiger partial charge < -0.3 is 10.6 Å². The van der Waals surface area contributed by atoms with E-state index in [2.05, 4.69) is 18.7 Å². The minimum Gasteiger partial charge on any atom is -0.330 e. The summed E-state index contributed by atoms with van der Waals surface area (Å²) in [5.41, 5.74) is 5.67. The van der Waals surface area contributed by atoms with Crippen LogP contribution >= 0.6 is 0 Å². The van der Waals surface area contributed by atoms with Crippen LogP contribution in [0.25, 0.3) is 0 Å². The van der Waals surface area contributed by atoms with Crippen LogP contribution in [0.15, 0.2) is 0 Å². The van der Waals surface area contributed by atoms with Crippen molar-refractivity contribution in [3.8, 4) is 0 Å². The van der Waals surface area contributed by atoms with Gasteiger partial charge in [0.15, 0.2) is 0 Å². The molecule has 2 nitrogen and oxygen atoms in total. The van der Waals surface area contributed by atoms with Crippen LogP contribution in [0, 0.1) is 17.8 Å². The Labute approximate surface area is 113 Å². The van der Waals surface area contributed by atoms with Crippen molar-refractivity contribution in [2.45, 2.75) is 64.8 Å². The number of hydrogen-bond acceptors (Lipinski definition) is 2. The van der Waals surface area contributed by atoms with Crippen molar-refractivity contribution in [2.75, 3.05) is 19.6 Å². The van der Waals surface area contributed by atoms with E-state index in [1.165, 1.54) is 58.0 Å². The predicted molar refractivity (Wildman–Crippen MR) is 78.6 cm³/mol. The highest BCUT2D eigenvalue weighted by atomic mass is 15.2. The van der Waals surface area contributed by atoms with Gasteiger partial charge in [-0.1, -0.05) is 26.7 Å². The summed E-state index contributed by atoms with van der Waals surface area (Å²) in [7, 11) is 0. The van der Waals surface area contributed by atoms with Crippen LogP contribution in [0.4, 0.5) is 0 Å². The summed E-state index contributed by atoms with van der Waals surface area (Å²) in [6, 6.07) is 0.893. The SMILES string of the molecule is CC(C)C1CCCC(N2CCC(CCN)CC2)C1. The second-order valence-electron chi connectivity index (χ2n) is 6.88. The number of nitrogens with two attached hydrogens (primary N) is 1. The second-order valence-corrected chi connectivity index (χ2v) is 6.88. The van der Waals surface area contributed by atoms with Crippen LogP contribution in [-0.4, -0.2) is 30.6 Å². The molecule has 1 saturated heterocycles. The Morgan fingerprint density at radius 1 is 1.11 bits per heavy atom. The van der Waals surface area contributed by atoms with E-state index >= 15 is 0 Å². The molecule has 2 N–H and O–H groups in total. The lowest BCUT2D eigenvalue weighted by atomic mass is 9.78. The minimum absolute atomic E-state index is 0.877. The van der Waals surface area contributed by atoms with Crippen molar-refractivity contribution in [2.24, 2.45) is 23.5 Å². The lowest BCUT2D eigenvalue weighted by molar-refractivity contribution is 0.0784. The molecule has 0 bridgehead atoms. The van der Waals surface area contributed by atoms with Crippen molar-refractivity contribution < 1.29 is 0 Å². The van der Waals surface area contributed by atoms with Gasteiger partial charge in [0.05, 0.1) is 0 Å². The molecule has 2 aliphatic rings. The third-order valence-corrected chi connectivity index (χ3v) is 5.37. The van der Waals surface area contributed by atoms with E-state index in [-0.39, 0.29) is 0 Å². The Kier molecular flexibility index (Phi) is 5.50. The summed E-state index contributed by atoms with van der Waals surface area (Å²) in [6.07, 6.45) is 9.85. The summed E-state index contributed by atoms with van der Waals surface area (Å²) in [6.45, 7) is 8.35. The van der Waals surface area contributed by atoms with Gasteiger partial charge in [-0.25, -0.2) is 0 Å². The van der Waals surface area contributed by atoms with Crippen LogP contribution < -0.4 is 5.73 Å². The van der Waals surface area contributed by atoms with E-state index in [4.69, 9.17) is 5.73 Å². The van der Waals surface area contributed by atoms with Crippen LogP contribution in [0.1, 0.15) is 58.8 Å². The zero-order chi connectivity index (χ0) is 13.0. The summed E-state index contributed by atoms with van der Waals surface area (Å²) in [4.78, 5) is 2.79. The summed E-state index contributed by atoms with van der Waals surface area (Å²) >= 11 is 0. The first-order valence-corrected chi connectivity index (χ1v) is 8.14. The van der Waals surface area contributed by atoms with Gasteiger partial charge in [-0.3, -0.25) is 0 Å². The van der Waals surface area contributed by atoms with E-state index in [1.807, 2.05) is 0 Å². The highest BCUT2D eigenvalue weighted by Crippen LogP contribution is 2.34. The topological polar surface area (TPSA) is 29.3 Å². The zero-order valence-corrected chi connectivity index (χ0v) is 12.4. The third-order valence-electron chi connectivity index (χ3n) is 5.37. The highest BCUT2D eigenvalue weighted by molar-refractivity contribution is 4.84. The molecule has 1 heterocycles. The molecule has 2 unspecified atom stereocenters. The van der Waals surface area contributed by atoms with Gasteiger partial charge in [0.1, 0.15) is 0 Å². The number of likely N-dealkylation sites (tertiary alicyclic amines) is 1.